The van der Waals surface area contributed by atoms with Gasteiger partial charge >= 0.3 is 5.69 Å². The first kappa shape index (κ1) is 9.24. The van der Waals surface area contributed by atoms with Crippen molar-refractivity contribution in [2.45, 2.75) is 6.92 Å². The van der Waals surface area contributed by atoms with Gasteiger partial charge in [-0.1, -0.05) is 6.07 Å². The second-order valence-corrected chi connectivity index (χ2v) is 3.55. The summed E-state index contributed by atoms with van der Waals surface area (Å²) < 4.78 is 0.570. The molecule has 0 fully saturated rings. The van der Waals surface area contributed by atoms with Crippen molar-refractivity contribution in [1.82, 2.24) is 0 Å². The molecule has 0 atom stereocenters. The fraction of sp³-hybridized carbons (Fsp3) is 0.143. The molecule has 0 saturated carbocycles. The summed E-state index contributed by atoms with van der Waals surface area (Å²) in [5.74, 6) is 0. The number of nitrogen functional groups attached to an aromatic ring is 1. The fourth-order valence-electron chi connectivity index (χ4n) is 0.868. The van der Waals surface area contributed by atoms with Gasteiger partial charge < -0.3 is 5.73 Å². The standard InChI is InChI=1S/C7H7IN2O2/c1-4-2-3-5(8)7(6(4)9)10(11)12/h2-3H,9H2,1H3. The molecule has 5 heteroatoms. The van der Waals surface area contributed by atoms with Crippen LogP contribution in [0.1, 0.15) is 5.56 Å². The lowest BCUT2D eigenvalue weighted by molar-refractivity contribution is -0.384. The second kappa shape index (κ2) is 3.26. The minimum atomic E-state index is -0.454. The Labute approximate surface area is 83.1 Å². The highest BCUT2D eigenvalue weighted by Crippen LogP contribution is 2.29. The molecule has 0 aliphatic carbocycles. The van der Waals surface area contributed by atoms with Crippen molar-refractivity contribution in [3.8, 4) is 0 Å². The number of nitro groups is 1. The molecule has 1 aromatic carbocycles. The first-order valence-electron chi connectivity index (χ1n) is 3.23. The van der Waals surface area contributed by atoms with Crippen molar-refractivity contribution in [3.63, 3.8) is 0 Å². The third-order valence-corrected chi connectivity index (χ3v) is 2.44. The smallest absolute Gasteiger partial charge is 0.305 e. The lowest BCUT2D eigenvalue weighted by Gasteiger charge is -2.01. The molecule has 4 nitrogen and oxygen atoms in total. The Balaban J connectivity index is 3.43. The Hall–Kier alpha value is -0.850. The van der Waals surface area contributed by atoms with E-state index in [0.29, 0.717) is 3.57 Å². The van der Waals surface area contributed by atoms with Gasteiger partial charge in [0, 0.05) is 0 Å². The minimum absolute atomic E-state index is 0.00981. The highest BCUT2D eigenvalue weighted by molar-refractivity contribution is 14.1. The molecular formula is C7H7IN2O2. The van der Waals surface area contributed by atoms with Gasteiger partial charge in [0.05, 0.1) is 8.49 Å². The average Bonchev–Trinajstić information content (AvgIpc) is 1.97. The van der Waals surface area contributed by atoms with Crippen LogP contribution in [0.2, 0.25) is 0 Å². The molecule has 0 aliphatic rings. The maximum atomic E-state index is 10.5. The van der Waals surface area contributed by atoms with E-state index in [1.165, 1.54) is 0 Å². The second-order valence-electron chi connectivity index (χ2n) is 2.38. The van der Waals surface area contributed by atoms with Crippen molar-refractivity contribution < 1.29 is 4.92 Å². The van der Waals surface area contributed by atoms with Crippen molar-refractivity contribution in [3.05, 3.63) is 31.4 Å². The monoisotopic (exact) mass is 278 g/mol. The Bertz CT molecular complexity index is 338. The summed E-state index contributed by atoms with van der Waals surface area (Å²) in [5.41, 5.74) is 6.54. The summed E-state index contributed by atoms with van der Waals surface area (Å²) in [4.78, 5) is 10.1. The Morgan fingerprint density at radius 1 is 1.58 bits per heavy atom. The van der Waals surface area contributed by atoms with E-state index in [1.807, 2.05) is 22.6 Å². The highest BCUT2D eigenvalue weighted by Gasteiger charge is 2.17. The molecule has 0 bridgehead atoms. The highest BCUT2D eigenvalue weighted by atomic mass is 127. The molecule has 12 heavy (non-hydrogen) atoms. The molecule has 0 saturated heterocycles. The summed E-state index contributed by atoms with van der Waals surface area (Å²) in [7, 11) is 0. The van der Waals surface area contributed by atoms with Gasteiger partial charge in [-0.2, -0.15) is 0 Å². The fourth-order valence-corrected chi connectivity index (χ4v) is 1.54. The molecule has 64 valence electrons. The predicted molar refractivity (Wildman–Crippen MR) is 55.0 cm³/mol. The quantitative estimate of drug-likeness (QED) is 0.370. The van der Waals surface area contributed by atoms with Crippen LogP contribution in [0, 0.1) is 20.6 Å². The first-order valence-corrected chi connectivity index (χ1v) is 4.31. The van der Waals surface area contributed by atoms with E-state index in [2.05, 4.69) is 0 Å². The zero-order chi connectivity index (χ0) is 9.30. The van der Waals surface area contributed by atoms with Crippen molar-refractivity contribution in [2.24, 2.45) is 0 Å². The Kier molecular flexibility index (Phi) is 2.51. The number of benzene rings is 1. The van der Waals surface area contributed by atoms with Gasteiger partial charge in [0.15, 0.2) is 0 Å². The van der Waals surface area contributed by atoms with Gasteiger partial charge in [-0.25, -0.2) is 0 Å². The van der Waals surface area contributed by atoms with E-state index >= 15 is 0 Å². The normalized spacial score (nSPS) is 9.83. The van der Waals surface area contributed by atoms with Gasteiger partial charge in [0.25, 0.3) is 0 Å². The summed E-state index contributed by atoms with van der Waals surface area (Å²) in [5, 5.41) is 10.5. The molecule has 0 spiro atoms. The van der Waals surface area contributed by atoms with E-state index in [0.717, 1.165) is 5.56 Å². The van der Waals surface area contributed by atoms with E-state index in [-0.39, 0.29) is 11.4 Å². The average molecular weight is 278 g/mol. The summed E-state index contributed by atoms with van der Waals surface area (Å²) in [6, 6.07) is 3.45. The summed E-state index contributed by atoms with van der Waals surface area (Å²) >= 11 is 1.90. The van der Waals surface area contributed by atoms with Gasteiger partial charge in [-0.15, -0.1) is 0 Å². The topological polar surface area (TPSA) is 69.2 Å². The lowest BCUT2D eigenvalue weighted by atomic mass is 10.2. The van der Waals surface area contributed by atoms with Crippen LogP contribution >= 0.6 is 22.6 Å². The van der Waals surface area contributed by atoms with Gasteiger partial charge in [0.1, 0.15) is 5.69 Å². The molecule has 0 aliphatic heterocycles. The van der Waals surface area contributed by atoms with Crippen LogP contribution in [-0.4, -0.2) is 4.92 Å². The molecule has 1 aromatic rings. The third kappa shape index (κ3) is 1.50. The van der Waals surface area contributed by atoms with Crippen LogP contribution in [0.5, 0.6) is 0 Å². The van der Waals surface area contributed by atoms with Crippen LogP contribution in [0.4, 0.5) is 11.4 Å². The molecule has 0 unspecified atom stereocenters. The largest absolute Gasteiger partial charge is 0.393 e. The number of nitrogens with zero attached hydrogens (tertiary/aromatic N) is 1. The zero-order valence-corrected chi connectivity index (χ0v) is 8.53. The van der Waals surface area contributed by atoms with Crippen LogP contribution in [0.15, 0.2) is 12.1 Å². The maximum absolute atomic E-state index is 10.5. The molecule has 2 N–H and O–H groups in total. The number of hydrogen-bond donors (Lipinski definition) is 1. The number of hydrogen-bond acceptors (Lipinski definition) is 3. The van der Waals surface area contributed by atoms with E-state index < -0.39 is 4.92 Å². The maximum Gasteiger partial charge on any atom is 0.305 e. The van der Waals surface area contributed by atoms with Gasteiger partial charge in [0.2, 0.25) is 0 Å². The van der Waals surface area contributed by atoms with E-state index in [4.69, 9.17) is 5.73 Å². The summed E-state index contributed by atoms with van der Waals surface area (Å²) in [6.07, 6.45) is 0. The molecule has 0 radical (unpaired) electrons. The molecular weight excluding hydrogens is 271 g/mol. The van der Waals surface area contributed by atoms with Gasteiger partial charge in [-0.05, 0) is 41.1 Å². The molecule has 0 heterocycles. The molecule has 0 aromatic heterocycles. The summed E-state index contributed by atoms with van der Waals surface area (Å²) in [6.45, 7) is 1.75. The number of nitro benzene ring substituents is 1. The van der Waals surface area contributed by atoms with Gasteiger partial charge in [-0.3, -0.25) is 10.1 Å². The van der Waals surface area contributed by atoms with E-state index in [9.17, 15) is 10.1 Å². The zero-order valence-electron chi connectivity index (χ0n) is 6.37. The molecule has 0 amide bonds. The van der Waals surface area contributed by atoms with Crippen LogP contribution in [0.3, 0.4) is 0 Å². The SMILES string of the molecule is Cc1ccc(I)c([N+](=O)[O-])c1N. The van der Waals surface area contributed by atoms with Crippen LogP contribution in [0.25, 0.3) is 0 Å². The van der Waals surface area contributed by atoms with Crippen molar-refractivity contribution in [2.75, 3.05) is 5.73 Å². The number of anilines is 1. The number of halogens is 1. The van der Waals surface area contributed by atoms with Crippen LogP contribution in [-0.2, 0) is 0 Å². The predicted octanol–water partition coefficient (Wildman–Crippen LogP) is 2.09. The minimum Gasteiger partial charge on any atom is -0.393 e. The number of aryl methyl sites for hydroxylation is 1. The number of rotatable bonds is 1. The third-order valence-electron chi connectivity index (χ3n) is 1.57. The lowest BCUT2D eigenvalue weighted by Crippen LogP contribution is -1.99. The Morgan fingerprint density at radius 3 is 2.58 bits per heavy atom. The Morgan fingerprint density at radius 2 is 2.17 bits per heavy atom. The van der Waals surface area contributed by atoms with Crippen molar-refractivity contribution in [1.29, 1.82) is 0 Å². The first-order chi connectivity index (χ1) is 5.54. The van der Waals surface area contributed by atoms with E-state index in [1.54, 1.807) is 19.1 Å². The number of nitrogens with two attached hydrogens (primary N) is 1. The van der Waals surface area contributed by atoms with Crippen LogP contribution < -0.4 is 5.73 Å². The molecule has 1 rings (SSSR count). The van der Waals surface area contributed by atoms with Crippen molar-refractivity contribution >= 4 is 34.0 Å².